The molecule has 0 saturated heterocycles. The van der Waals surface area contributed by atoms with Crippen LogP contribution in [0.4, 0.5) is 11.5 Å². The zero-order chi connectivity index (χ0) is 24.4. The summed E-state index contributed by atoms with van der Waals surface area (Å²) in [5, 5.41) is 19.1. The molecule has 5 rings (SSSR count). The molecule has 178 valence electrons. The van der Waals surface area contributed by atoms with Crippen molar-refractivity contribution in [2.24, 2.45) is 5.16 Å². The third-order valence-corrected chi connectivity index (χ3v) is 6.13. The van der Waals surface area contributed by atoms with Crippen molar-refractivity contribution < 1.29 is 10.0 Å². The van der Waals surface area contributed by atoms with Gasteiger partial charge in [-0.25, -0.2) is 4.98 Å². The van der Waals surface area contributed by atoms with E-state index >= 15 is 0 Å². The number of aromatic nitrogens is 3. The van der Waals surface area contributed by atoms with E-state index in [0.717, 1.165) is 59.0 Å². The average Bonchev–Trinajstić information content (AvgIpc) is 3.45. The van der Waals surface area contributed by atoms with E-state index in [4.69, 9.17) is 4.98 Å². The predicted octanol–water partition coefficient (Wildman–Crippen LogP) is 3.56. The molecule has 0 unspecified atom stereocenters. The van der Waals surface area contributed by atoms with Crippen LogP contribution in [-0.2, 0) is 6.42 Å². The minimum atomic E-state index is -0.0973. The van der Waals surface area contributed by atoms with Crippen molar-refractivity contribution >= 4 is 28.8 Å². The number of oxime groups is 1. The Bertz CT molecular complexity index is 1410. The van der Waals surface area contributed by atoms with E-state index in [9.17, 15) is 10.0 Å². The second-order valence-corrected chi connectivity index (χ2v) is 8.79. The smallest absolute Gasteiger partial charge is 0.251 e. The lowest BCUT2D eigenvalue weighted by atomic mass is 10.1. The first-order chi connectivity index (χ1) is 17.0. The minimum absolute atomic E-state index is 0.0973. The third kappa shape index (κ3) is 4.58. The zero-order valence-corrected chi connectivity index (χ0v) is 19.7. The van der Waals surface area contributed by atoms with Crippen LogP contribution in [0.2, 0.25) is 0 Å². The molecule has 9 heteroatoms. The van der Waals surface area contributed by atoms with E-state index in [1.807, 2.05) is 66.0 Å². The normalized spacial score (nSPS) is 14.0. The lowest BCUT2D eigenvalue weighted by Gasteiger charge is -2.12. The standard InChI is InChI=1S/C26H27N7O2/c1-32(2)13-12-28-26(34)18-5-3-17(4-6-18)24-25(33-14-11-27-16-23(33)30-24)29-20-8-9-21-19(15-20)7-10-22(21)31-35/h3-6,8-9,11,14-16,29,35H,7,10,12-13H2,1-2H3,(H,28,34)/b31-22+. The molecule has 1 aliphatic rings. The Morgan fingerprint density at radius 1 is 1.17 bits per heavy atom. The topological polar surface area (TPSA) is 107 Å². The van der Waals surface area contributed by atoms with Gasteiger partial charge in [0.25, 0.3) is 5.91 Å². The van der Waals surface area contributed by atoms with E-state index in [2.05, 4.69) is 26.8 Å². The van der Waals surface area contributed by atoms with Gasteiger partial charge in [0.1, 0.15) is 11.5 Å². The number of nitrogens with zero attached hydrogens (tertiary/aromatic N) is 5. The molecule has 0 radical (unpaired) electrons. The van der Waals surface area contributed by atoms with Gasteiger partial charge in [-0.2, -0.15) is 0 Å². The number of hydrogen-bond donors (Lipinski definition) is 3. The number of imidazole rings is 1. The summed E-state index contributed by atoms with van der Waals surface area (Å²) >= 11 is 0. The maximum atomic E-state index is 12.5. The Morgan fingerprint density at radius 3 is 2.77 bits per heavy atom. The van der Waals surface area contributed by atoms with Gasteiger partial charge in [-0.15, -0.1) is 0 Å². The molecule has 0 bridgehead atoms. The maximum absolute atomic E-state index is 12.5. The molecule has 0 atom stereocenters. The molecule has 0 saturated carbocycles. The van der Waals surface area contributed by atoms with E-state index in [0.29, 0.717) is 17.8 Å². The molecule has 1 aliphatic carbocycles. The van der Waals surface area contributed by atoms with Crippen molar-refractivity contribution in [2.75, 3.05) is 32.5 Å². The lowest BCUT2D eigenvalue weighted by molar-refractivity contribution is 0.0951. The Labute approximate surface area is 203 Å². The molecule has 9 nitrogen and oxygen atoms in total. The van der Waals surface area contributed by atoms with Crippen molar-refractivity contribution in [3.05, 3.63) is 77.7 Å². The number of anilines is 2. The fourth-order valence-electron chi connectivity index (χ4n) is 4.29. The molecule has 2 aromatic carbocycles. The molecule has 2 heterocycles. The Kier molecular flexibility index (Phi) is 6.15. The summed E-state index contributed by atoms with van der Waals surface area (Å²) in [6.45, 7) is 1.37. The number of carbonyl (C=O) groups is 1. The summed E-state index contributed by atoms with van der Waals surface area (Å²) in [7, 11) is 3.95. The van der Waals surface area contributed by atoms with Gasteiger partial charge >= 0.3 is 0 Å². The predicted molar refractivity (Wildman–Crippen MR) is 136 cm³/mol. The van der Waals surface area contributed by atoms with Crippen LogP contribution in [0.5, 0.6) is 0 Å². The van der Waals surface area contributed by atoms with E-state index < -0.39 is 0 Å². The Balaban J connectivity index is 1.44. The summed E-state index contributed by atoms with van der Waals surface area (Å²) in [6, 6.07) is 13.5. The number of likely N-dealkylation sites (N-methyl/N-ethyl adjacent to an activating group) is 1. The number of benzene rings is 2. The molecule has 1 amide bonds. The highest BCUT2D eigenvalue weighted by atomic mass is 16.4. The van der Waals surface area contributed by atoms with Gasteiger partial charge in [-0.3, -0.25) is 14.2 Å². The zero-order valence-electron chi connectivity index (χ0n) is 19.7. The van der Waals surface area contributed by atoms with Gasteiger partial charge < -0.3 is 20.7 Å². The number of rotatable bonds is 7. The summed E-state index contributed by atoms with van der Waals surface area (Å²) in [4.78, 5) is 23.5. The molecule has 35 heavy (non-hydrogen) atoms. The van der Waals surface area contributed by atoms with Crippen molar-refractivity contribution in [1.29, 1.82) is 0 Å². The van der Waals surface area contributed by atoms with E-state index in [1.165, 1.54) is 0 Å². The van der Waals surface area contributed by atoms with Crippen LogP contribution in [0, 0.1) is 0 Å². The van der Waals surface area contributed by atoms with Crippen molar-refractivity contribution in [3.8, 4) is 11.3 Å². The fraction of sp³-hybridized carbons (Fsp3) is 0.231. The largest absolute Gasteiger partial charge is 0.411 e. The first-order valence-corrected chi connectivity index (χ1v) is 11.5. The third-order valence-electron chi connectivity index (χ3n) is 6.13. The van der Waals surface area contributed by atoms with Gasteiger partial charge in [0, 0.05) is 47.9 Å². The van der Waals surface area contributed by atoms with Crippen LogP contribution < -0.4 is 10.6 Å². The van der Waals surface area contributed by atoms with Gasteiger partial charge in [0.15, 0.2) is 5.65 Å². The van der Waals surface area contributed by atoms with E-state index in [-0.39, 0.29) is 5.91 Å². The molecule has 4 aromatic rings. The first kappa shape index (κ1) is 22.5. The SMILES string of the molecule is CN(C)CCNC(=O)c1ccc(-c2nc3cnccn3c2Nc2ccc3c(c2)CC/C3=N\O)cc1. The molecule has 0 aliphatic heterocycles. The number of fused-ring (bicyclic) bond motifs is 2. The van der Waals surface area contributed by atoms with Crippen molar-refractivity contribution in [1.82, 2.24) is 24.6 Å². The highest BCUT2D eigenvalue weighted by Gasteiger charge is 2.20. The van der Waals surface area contributed by atoms with Gasteiger partial charge in [-0.1, -0.05) is 23.4 Å². The highest BCUT2D eigenvalue weighted by Crippen LogP contribution is 2.33. The highest BCUT2D eigenvalue weighted by molar-refractivity contribution is 6.04. The van der Waals surface area contributed by atoms with Gasteiger partial charge in [0.05, 0.1) is 11.9 Å². The second kappa shape index (κ2) is 9.55. The Hall–Kier alpha value is -4.24. The number of hydrogen-bond acceptors (Lipinski definition) is 7. The molecular formula is C26H27N7O2. The first-order valence-electron chi connectivity index (χ1n) is 11.5. The summed E-state index contributed by atoms with van der Waals surface area (Å²) < 4.78 is 1.96. The summed E-state index contributed by atoms with van der Waals surface area (Å²) in [5.74, 6) is 0.708. The van der Waals surface area contributed by atoms with Crippen molar-refractivity contribution in [2.45, 2.75) is 12.8 Å². The maximum Gasteiger partial charge on any atom is 0.251 e. The summed E-state index contributed by atoms with van der Waals surface area (Å²) in [6.07, 6.45) is 6.87. The summed E-state index contributed by atoms with van der Waals surface area (Å²) in [5.41, 5.74) is 6.73. The van der Waals surface area contributed by atoms with Crippen LogP contribution in [-0.4, -0.2) is 63.3 Å². The lowest BCUT2D eigenvalue weighted by Crippen LogP contribution is -2.31. The molecule has 3 N–H and O–H groups in total. The molecule has 0 spiro atoms. The van der Waals surface area contributed by atoms with Crippen LogP contribution in [0.25, 0.3) is 16.9 Å². The number of amides is 1. The number of nitrogens with one attached hydrogen (secondary N) is 2. The van der Waals surface area contributed by atoms with E-state index in [1.54, 1.807) is 12.4 Å². The molecule has 2 aromatic heterocycles. The second-order valence-electron chi connectivity index (χ2n) is 8.79. The van der Waals surface area contributed by atoms with Gasteiger partial charge in [0.2, 0.25) is 0 Å². The van der Waals surface area contributed by atoms with Gasteiger partial charge in [-0.05, 0) is 56.8 Å². The molecular weight excluding hydrogens is 442 g/mol. The van der Waals surface area contributed by atoms with Crippen LogP contribution >= 0.6 is 0 Å². The molecule has 0 fully saturated rings. The number of aryl methyl sites for hydroxylation is 1. The van der Waals surface area contributed by atoms with Crippen LogP contribution in [0.15, 0.2) is 66.2 Å². The average molecular weight is 470 g/mol. The number of carbonyl (C=O) groups excluding carboxylic acids is 1. The Morgan fingerprint density at radius 2 is 2.00 bits per heavy atom. The monoisotopic (exact) mass is 469 g/mol. The van der Waals surface area contributed by atoms with Crippen molar-refractivity contribution in [3.63, 3.8) is 0 Å². The fourth-order valence-corrected chi connectivity index (χ4v) is 4.29. The van der Waals surface area contributed by atoms with Crippen LogP contribution in [0.1, 0.15) is 27.9 Å². The minimum Gasteiger partial charge on any atom is -0.411 e. The quantitative estimate of drug-likeness (QED) is 0.282. The van der Waals surface area contributed by atoms with Crippen LogP contribution in [0.3, 0.4) is 0 Å².